The summed E-state index contributed by atoms with van der Waals surface area (Å²) in [5.41, 5.74) is 5.89. The Morgan fingerprint density at radius 2 is 2.04 bits per heavy atom. The highest BCUT2D eigenvalue weighted by atomic mass is 16.3. The van der Waals surface area contributed by atoms with Gasteiger partial charge in [-0.25, -0.2) is 9.97 Å². The van der Waals surface area contributed by atoms with Crippen molar-refractivity contribution in [2.75, 3.05) is 11.9 Å². The molecule has 3 aromatic rings. The van der Waals surface area contributed by atoms with E-state index in [1.165, 1.54) is 0 Å². The van der Waals surface area contributed by atoms with Crippen molar-refractivity contribution < 1.29 is 5.11 Å². The Hall–Kier alpha value is -2.79. The lowest BCUT2D eigenvalue weighted by Crippen LogP contribution is -2.23. The average Bonchev–Trinajstić information content (AvgIpc) is 3.01. The fourth-order valence-corrected chi connectivity index (χ4v) is 3.46. The maximum atomic E-state index is 9.80. The summed E-state index contributed by atoms with van der Waals surface area (Å²) in [6, 6.07) is 12.1. The Labute approximate surface area is 153 Å². The number of fused-ring (bicyclic) bond motifs is 1. The predicted octanol–water partition coefficient (Wildman–Crippen LogP) is 3.79. The number of para-hydroxylation sites is 1. The van der Waals surface area contributed by atoms with Crippen LogP contribution in [0.5, 0.6) is 0 Å². The van der Waals surface area contributed by atoms with Crippen LogP contribution in [0.3, 0.4) is 0 Å². The minimum Gasteiger partial charge on any atom is -0.395 e. The van der Waals surface area contributed by atoms with Crippen LogP contribution in [0.2, 0.25) is 0 Å². The normalized spacial score (nSPS) is 18.6. The van der Waals surface area contributed by atoms with Gasteiger partial charge in [0.05, 0.1) is 12.3 Å². The van der Waals surface area contributed by atoms with Gasteiger partial charge in [-0.2, -0.15) is 0 Å². The van der Waals surface area contributed by atoms with Gasteiger partial charge in [0.2, 0.25) is 5.95 Å². The molecule has 0 bridgehead atoms. The second-order valence-electron chi connectivity index (χ2n) is 7.14. The first kappa shape index (κ1) is 16.7. The number of benzene rings is 1. The monoisotopic (exact) mass is 346 g/mol. The van der Waals surface area contributed by atoms with Crippen molar-refractivity contribution in [2.45, 2.75) is 32.1 Å². The smallest absolute Gasteiger partial charge is 0.227 e. The van der Waals surface area contributed by atoms with E-state index in [4.69, 9.17) is 0 Å². The van der Waals surface area contributed by atoms with Crippen molar-refractivity contribution >= 4 is 11.6 Å². The molecule has 0 aliphatic heterocycles. The first-order chi connectivity index (χ1) is 12.6. The number of pyridine rings is 1. The molecule has 1 aliphatic carbocycles. The molecule has 0 spiro atoms. The number of rotatable bonds is 4. The van der Waals surface area contributed by atoms with Crippen molar-refractivity contribution in [2.24, 2.45) is 0 Å². The molecule has 0 saturated carbocycles. The predicted molar refractivity (Wildman–Crippen MR) is 102 cm³/mol. The van der Waals surface area contributed by atoms with Crippen molar-refractivity contribution in [1.82, 2.24) is 15.0 Å². The van der Waals surface area contributed by atoms with E-state index in [-0.39, 0.29) is 12.0 Å². The molecule has 2 N–H and O–H groups in total. The van der Waals surface area contributed by atoms with Crippen molar-refractivity contribution in [3.63, 3.8) is 0 Å². The van der Waals surface area contributed by atoms with E-state index in [2.05, 4.69) is 33.3 Å². The summed E-state index contributed by atoms with van der Waals surface area (Å²) in [7, 11) is 0. The lowest BCUT2D eigenvalue weighted by molar-refractivity contribution is 0.206. The minimum absolute atomic E-state index is 0.134. The number of hydrogen-bond acceptors (Lipinski definition) is 5. The van der Waals surface area contributed by atoms with E-state index in [1.54, 1.807) is 6.20 Å². The van der Waals surface area contributed by atoms with Crippen LogP contribution in [-0.2, 0) is 11.8 Å². The lowest BCUT2D eigenvalue weighted by Gasteiger charge is -2.22. The van der Waals surface area contributed by atoms with Gasteiger partial charge in [-0.05, 0) is 49.1 Å². The third-order valence-corrected chi connectivity index (χ3v) is 5.23. The van der Waals surface area contributed by atoms with Gasteiger partial charge >= 0.3 is 0 Å². The fourth-order valence-electron chi connectivity index (χ4n) is 3.46. The molecular weight excluding hydrogens is 324 g/mol. The highest BCUT2D eigenvalue weighted by Gasteiger charge is 2.34. The van der Waals surface area contributed by atoms with Crippen molar-refractivity contribution in [3.8, 4) is 11.3 Å². The molecule has 0 amide bonds. The quantitative estimate of drug-likeness (QED) is 0.752. The van der Waals surface area contributed by atoms with E-state index in [0.29, 0.717) is 5.95 Å². The van der Waals surface area contributed by atoms with E-state index in [0.717, 1.165) is 46.6 Å². The number of nitrogens with one attached hydrogen (secondary N) is 1. The maximum absolute atomic E-state index is 9.80. The molecule has 0 fully saturated rings. The number of aromatic nitrogens is 3. The molecule has 1 unspecified atom stereocenters. The fraction of sp³-hybridized carbons (Fsp3) is 0.286. The van der Waals surface area contributed by atoms with Crippen LogP contribution < -0.4 is 5.32 Å². The van der Waals surface area contributed by atoms with Gasteiger partial charge in [0, 0.05) is 34.8 Å². The Morgan fingerprint density at radius 1 is 1.19 bits per heavy atom. The maximum Gasteiger partial charge on any atom is 0.227 e. The molecule has 1 aromatic carbocycles. The topological polar surface area (TPSA) is 70.9 Å². The molecule has 1 atom stereocenters. The second-order valence-corrected chi connectivity index (χ2v) is 7.14. The van der Waals surface area contributed by atoms with Crippen LogP contribution in [-0.4, -0.2) is 26.7 Å². The Kier molecular flexibility index (Phi) is 4.17. The van der Waals surface area contributed by atoms with Gasteiger partial charge < -0.3 is 10.4 Å². The third-order valence-electron chi connectivity index (χ3n) is 5.23. The van der Waals surface area contributed by atoms with Gasteiger partial charge in [-0.15, -0.1) is 0 Å². The summed E-state index contributed by atoms with van der Waals surface area (Å²) in [6.07, 6.45) is 5.46. The molecule has 0 saturated heterocycles. The lowest BCUT2D eigenvalue weighted by atomic mass is 9.85. The van der Waals surface area contributed by atoms with E-state index in [9.17, 15) is 5.11 Å². The highest BCUT2D eigenvalue weighted by Crippen LogP contribution is 2.39. The summed E-state index contributed by atoms with van der Waals surface area (Å²) in [4.78, 5) is 13.6. The zero-order chi connectivity index (χ0) is 18.1. The van der Waals surface area contributed by atoms with Crippen LogP contribution in [0.15, 0.2) is 48.8 Å². The van der Waals surface area contributed by atoms with E-state index < -0.39 is 0 Å². The highest BCUT2D eigenvalue weighted by molar-refractivity contribution is 5.64. The first-order valence-corrected chi connectivity index (χ1v) is 8.85. The summed E-state index contributed by atoms with van der Waals surface area (Å²) in [5, 5.41) is 13.1. The average molecular weight is 346 g/mol. The summed E-state index contributed by atoms with van der Waals surface area (Å²) in [6.45, 7) is 4.27. The van der Waals surface area contributed by atoms with Crippen molar-refractivity contribution in [1.29, 1.82) is 0 Å². The molecule has 5 nitrogen and oxygen atoms in total. The molecule has 26 heavy (non-hydrogen) atoms. The summed E-state index contributed by atoms with van der Waals surface area (Å²) < 4.78 is 0. The summed E-state index contributed by atoms with van der Waals surface area (Å²) >= 11 is 0. The molecule has 1 aliphatic rings. The van der Waals surface area contributed by atoms with Crippen molar-refractivity contribution in [3.05, 3.63) is 65.6 Å². The molecule has 132 valence electrons. The number of aliphatic hydroxyl groups is 1. The van der Waals surface area contributed by atoms with Crippen LogP contribution in [0, 0.1) is 6.92 Å². The van der Waals surface area contributed by atoms with Crippen LogP contribution >= 0.6 is 0 Å². The summed E-state index contributed by atoms with van der Waals surface area (Å²) in [5.74, 6) is 0.558. The largest absolute Gasteiger partial charge is 0.395 e. The number of aliphatic hydroxyl groups excluding tert-OH is 1. The van der Waals surface area contributed by atoms with Gasteiger partial charge in [-0.3, -0.25) is 4.98 Å². The van der Waals surface area contributed by atoms with Crippen LogP contribution in [0.25, 0.3) is 11.3 Å². The zero-order valence-corrected chi connectivity index (χ0v) is 15.0. The number of hydrogen-bond donors (Lipinski definition) is 2. The molecule has 5 heteroatoms. The minimum atomic E-state index is -0.215. The van der Waals surface area contributed by atoms with E-state index >= 15 is 0 Å². The molecule has 2 aromatic heterocycles. The Balaban J connectivity index is 1.68. The van der Waals surface area contributed by atoms with E-state index in [1.807, 2.05) is 43.5 Å². The number of nitrogens with zero attached hydrogens (tertiary/aromatic N) is 3. The first-order valence-electron chi connectivity index (χ1n) is 8.85. The number of aryl methyl sites for hydroxylation is 2. The SMILES string of the molecule is Cc1ccccc1Nc1nccc(-c2cnc3c(c2)C(C)(CO)CC3)n1. The van der Waals surface area contributed by atoms with Gasteiger partial charge in [0.1, 0.15) is 0 Å². The molecule has 2 heterocycles. The van der Waals surface area contributed by atoms with Gasteiger partial charge in [0.15, 0.2) is 0 Å². The molecular formula is C21H22N4O. The standard InChI is InChI=1S/C21H22N4O/c1-14-5-3-4-6-17(14)24-20-22-10-8-18(25-20)15-11-16-19(23-12-15)7-9-21(16,2)13-26/h3-6,8,10-12,26H,7,9,13H2,1-2H3,(H,22,24,25). The van der Waals surface area contributed by atoms with Crippen LogP contribution in [0.1, 0.15) is 30.2 Å². The zero-order valence-electron chi connectivity index (χ0n) is 15.0. The Morgan fingerprint density at radius 3 is 2.85 bits per heavy atom. The second kappa shape index (κ2) is 6.50. The van der Waals surface area contributed by atoms with Gasteiger partial charge in [-0.1, -0.05) is 25.1 Å². The van der Waals surface area contributed by atoms with Crippen LogP contribution in [0.4, 0.5) is 11.6 Å². The molecule has 0 radical (unpaired) electrons. The molecule has 4 rings (SSSR count). The number of anilines is 2. The third kappa shape index (κ3) is 2.95. The Bertz CT molecular complexity index is 956. The van der Waals surface area contributed by atoms with Gasteiger partial charge in [0.25, 0.3) is 0 Å².